The number of nitrogens with zero attached hydrogens (tertiary/aromatic N) is 3. The highest BCUT2D eigenvalue weighted by molar-refractivity contribution is 5.61. The summed E-state index contributed by atoms with van der Waals surface area (Å²) in [6.45, 7) is 5.97. The van der Waals surface area contributed by atoms with Crippen molar-refractivity contribution in [2.45, 2.75) is 58.4 Å². The van der Waals surface area contributed by atoms with E-state index >= 15 is 0 Å². The summed E-state index contributed by atoms with van der Waals surface area (Å²) in [4.78, 5) is 11.1. The predicted molar refractivity (Wildman–Crippen MR) is 79.0 cm³/mol. The summed E-state index contributed by atoms with van der Waals surface area (Å²) in [5.74, 6) is 1.18. The molecule has 112 valence electrons. The molecule has 1 aromatic rings. The summed E-state index contributed by atoms with van der Waals surface area (Å²) in [5.41, 5.74) is 0.686. The van der Waals surface area contributed by atoms with E-state index < -0.39 is 0 Å². The van der Waals surface area contributed by atoms with Gasteiger partial charge in [-0.2, -0.15) is 5.10 Å². The maximum atomic E-state index is 11.4. The average Bonchev–Trinajstić information content (AvgIpc) is 2.97. The molecule has 1 aliphatic carbocycles. The SMILES string of the molecule is CC(C)c1nn(C)c(NC(C)C2CCCC2)c1[N+](=O)[O-]. The van der Waals surface area contributed by atoms with E-state index in [1.54, 1.807) is 11.7 Å². The van der Waals surface area contributed by atoms with Crippen LogP contribution in [0, 0.1) is 16.0 Å². The van der Waals surface area contributed by atoms with E-state index in [-0.39, 0.29) is 22.6 Å². The fourth-order valence-electron chi connectivity index (χ4n) is 3.06. The van der Waals surface area contributed by atoms with E-state index in [9.17, 15) is 10.1 Å². The van der Waals surface area contributed by atoms with Crippen LogP contribution in [0.5, 0.6) is 0 Å². The Balaban J connectivity index is 2.28. The smallest absolute Gasteiger partial charge is 0.334 e. The molecule has 0 bridgehead atoms. The van der Waals surface area contributed by atoms with Crippen LogP contribution in [-0.4, -0.2) is 20.7 Å². The van der Waals surface area contributed by atoms with Gasteiger partial charge in [-0.3, -0.25) is 10.1 Å². The first kappa shape index (κ1) is 14.8. The lowest BCUT2D eigenvalue weighted by atomic mass is 10.00. The van der Waals surface area contributed by atoms with Crippen LogP contribution in [0.25, 0.3) is 0 Å². The van der Waals surface area contributed by atoms with Crippen LogP contribution in [-0.2, 0) is 7.05 Å². The molecule has 0 aliphatic heterocycles. The van der Waals surface area contributed by atoms with Gasteiger partial charge >= 0.3 is 5.69 Å². The van der Waals surface area contributed by atoms with Crippen molar-refractivity contribution in [3.8, 4) is 0 Å². The largest absolute Gasteiger partial charge is 0.362 e. The lowest BCUT2D eigenvalue weighted by Crippen LogP contribution is -2.25. The normalized spacial score (nSPS) is 17.6. The number of aromatic nitrogens is 2. The number of anilines is 1. The fourth-order valence-corrected chi connectivity index (χ4v) is 3.06. The zero-order valence-electron chi connectivity index (χ0n) is 12.7. The Bertz CT molecular complexity index is 490. The van der Waals surface area contributed by atoms with Crippen LogP contribution < -0.4 is 5.32 Å². The third-order valence-corrected chi connectivity index (χ3v) is 4.25. The van der Waals surface area contributed by atoms with Gasteiger partial charge in [0, 0.05) is 19.0 Å². The van der Waals surface area contributed by atoms with Gasteiger partial charge in [0.15, 0.2) is 0 Å². The average molecular weight is 280 g/mol. The molecule has 0 aromatic carbocycles. The number of hydrogen-bond acceptors (Lipinski definition) is 4. The molecule has 6 nitrogen and oxygen atoms in total. The summed E-state index contributed by atoms with van der Waals surface area (Å²) in [5, 5.41) is 19.0. The quantitative estimate of drug-likeness (QED) is 0.662. The first-order valence-corrected chi connectivity index (χ1v) is 7.39. The molecule has 1 aromatic heterocycles. The third kappa shape index (κ3) is 2.78. The Kier molecular flexibility index (Phi) is 4.30. The number of hydrogen-bond donors (Lipinski definition) is 1. The lowest BCUT2D eigenvalue weighted by Gasteiger charge is -2.20. The Morgan fingerprint density at radius 1 is 1.35 bits per heavy atom. The summed E-state index contributed by atoms with van der Waals surface area (Å²) in [6.07, 6.45) is 4.94. The molecule has 0 radical (unpaired) electrons. The molecule has 0 saturated heterocycles. The molecule has 0 amide bonds. The molecule has 1 heterocycles. The Morgan fingerprint density at radius 3 is 2.45 bits per heavy atom. The van der Waals surface area contributed by atoms with E-state index in [0.717, 1.165) is 0 Å². The van der Waals surface area contributed by atoms with Gasteiger partial charge in [0.1, 0.15) is 5.69 Å². The molecule has 1 N–H and O–H groups in total. The Hall–Kier alpha value is -1.59. The molecule has 1 aliphatic rings. The topological polar surface area (TPSA) is 73.0 Å². The van der Waals surface area contributed by atoms with Crippen LogP contribution in [0.2, 0.25) is 0 Å². The van der Waals surface area contributed by atoms with Crippen molar-refractivity contribution in [2.75, 3.05) is 5.32 Å². The zero-order valence-corrected chi connectivity index (χ0v) is 12.7. The van der Waals surface area contributed by atoms with Gasteiger partial charge in [0.2, 0.25) is 5.82 Å². The second-order valence-electron chi connectivity index (χ2n) is 6.10. The highest BCUT2D eigenvalue weighted by Gasteiger charge is 2.31. The summed E-state index contributed by atoms with van der Waals surface area (Å²) in [6, 6.07) is 0.242. The highest BCUT2D eigenvalue weighted by Crippen LogP contribution is 2.35. The van der Waals surface area contributed by atoms with Crippen LogP contribution in [0.1, 0.15) is 58.1 Å². The van der Waals surface area contributed by atoms with Crippen LogP contribution in [0.4, 0.5) is 11.5 Å². The van der Waals surface area contributed by atoms with Gasteiger partial charge in [0.05, 0.1) is 4.92 Å². The second kappa shape index (κ2) is 5.81. The van der Waals surface area contributed by atoms with Crippen molar-refractivity contribution in [3.05, 3.63) is 15.8 Å². The standard InChI is InChI=1S/C14H24N4O2/c1-9(2)12-13(18(19)20)14(17(4)16-12)15-10(3)11-7-5-6-8-11/h9-11,15H,5-8H2,1-4H3. The molecule has 1 atom stereocenters. The molecule has 6 heteroatoms. The van der Waals surface area contributed by atoms with E-state index in [0.29, 0.717) is 17.4 Å². The van der Waals surface area contributed by atoms with Crippen molar-refractivity contribution >= 4 is 11.5 Å². The molecule has 1 saturated carbocycles. The second-order valence-corrected chi connectivity index (χ2v) is 6.10. The minimum absolute atomic E-state index is 0.0407. The van der Waals surface area contributed by atoms with E-state index in [4.69, 9.17) is 0 Å². The van der Waals surface area contributed by atoms with Crippen molar-refractivity contribution in [2.24, 2.45) is 13.0 Å². The molecule has 1 unspecified atom stereocenters. The molecule has 1 fully saturated rings. The van der Waals surface area contributed by atoms with Gasteiger partial charge in [0.25, 0.3) is 0 Å². The van der Waals surface area contributed by atoms with Crippen molar-refractivity contribution < 1.29 is 4.92 Å². The van der Waals surface area contributed by atoms with Crippen LogP contribution in [0.15, 0.2) is 0 Å². The Labute approximate surface area is 119 Å². The van der Waals surface area contributed by atoms with Gasteiger partial charge in [-0.1, -0.05) is 26.7 Å². The van der Waals surface area contributed by atoms with Crippen molar-refractivity contribution in [1.82, 2.24) is 9.78 Å². The first-order chi connectivity index (χ1) is 9.41. The number of rotatable bonds is 5. The summed E-state index contributed by atoms with van der Waals surface area (Å²) in [7, 11) is 1.77. The predicted octanol–water partition coefficient (Wildman–Crippen LogP) is 3.44. The first-order valence-electron chi connectivity index (χ1n) is 7.39. The van der Waals surface area contributed by atoms with E-state index in [2.05, 4.69) is 17.3 Å². The number of nitro groups is 1. The van der Waals surface area contributed by atoms with E-state index in [1.807, 2.05) is 13.8 Å². The van der Waals surface area contributed by atoms with Gasteiger partial charge < -0.3 is 5.32 Å². The van der Waals surface area contributed by atoms with Gasteiger partial charge in [-0.05, 0) is 25.7 Å². The van der Waals surface area contributed by atoms with Crippen molar-refractivity contribution in [1.29, 1.82) is 0 Å². The maximum absolute atomic E-state index is 11.4. The molecular formula is C14H24N4O2. The molecule has 20 heavy (non-hydrogen) atoms. The fraction of sp³-hybridized carbons (Fsp3) is 0.786. The van der Waals surface area contributed by atoms with Gasteiger partial charge in [-0.15, -0.1) is 0 Å². The Morgan fingerprint density at radius 2 is 1.95 bits per heavy atom. The molecule has 0 spiro atoms. The third-order valence-electron chi connectivity index (χ3n) is 4.25. The van der Waals surface area contributed by atoms with Gasteiger partial charge in [-0.25, -0.2) is 4.68 Å². The number of nitrogens with one attached hydrogen (secondary N) is 1. The van der Waals surface area contributed by atoms with Crippen molar-refractivity contribution in [3.63, 3.8) is 0 Å². The zero-order chi connectivity index (χ0) is 14.9. The number of aryl methyl sites for hydroxylation is 1. The molecule has 2 rings (SSSR count). The monoisotopic (exact) mass is 280 g/mol. The maximum Gasteiger partial charge on any atom is 0.334 e. The highest BCUT2D eigenvalue weighted by atomic mass is 16.6. The summed E-state index contributed by atoms with van der Waals surface area (Å²) < 4.78 is 1.61. The summed E-state index contributed by atoms with van der Waals surface area (Å²) >= 11 is 0. The lowest BCUT2D eigenvalue weighted by molar-refractivity contribution is -0.384. The minimum Gasteiger partial charge on any atom is -0.362 e. The van der Waals surface area contributed by atoms with Crippen LogP contribution >= 0.6 is 0 Å². The minimum atomic E-state index is -0.313. The van der Waals surface area contributed by atoms with Crippen LogP contribution in [0.3, 0.4) is 0 Å². The van der Waals surface area contributed by atoms with E-state index in [1.165, 1.54) is 25.7 Å². The molecular weight excluding hydrogens is 256 g/mol.